The largest absolute Gasteiger partial charge is 0.454 e. The van der Waals surface area contributed by atoms with Crippen LogP contribution in [0.3, 0.4) is 0 Å². The molecular weight excluding hydrogens is 450 g/mol. The van der Waals surface area contributed by atoms with Gasteiger partial charge < -0.3 is 25.0 Å². The van der Waals surface area contributed by atoms with Gasteiger partial charge >= 0.3 is 0 Å². The van der Waals surface area contributed by atoms with E-state index < -0.39 is 6.04 Å². The number of anilines is 1. The van der Waals surface area contributed by atoms with E-state index in [9.17, 15) is 14.4 Å². The summed E-state index contributed by atoms with van der Waals surface area (Å²) >= 11 is 0. The molecule has 176 valence electrons. The van der Waals surface area contributed by atoms with Crippen molar-refractivity contribution in [1.82, 2.24) is 20.2 Å². The van der Waals surface area contributed by atoms with E-state index >= 15 is 0 Å². The van der Waals surface area contributed by atoms with Gasteiger partial charge in [-0.15, -0.1) is 0 Å². The number of fused-ring (bicyclic) bond motifs is 3. The Labute approximate surface area is 200 Å². The number of hydrogen-bond donors (Lipinski definition) is 2. The highest BCUT2D eigenvalue weighted by atomic mass is 16.7. The van der Waals surface area contributed by atoms with Gasteiger partial charge in [-0.2, -0.15) is 0 Å². The molecule has 35 heavy (non-hydrogen) atoms. The number of nitrogens with one attached hydrogen (secondary N) is 2. The van der Waals surface area contributed by atoms with Crippen molar-refractivity contribution in [2.45, 2.75) is 24.9 Å². The SMILES string of the molecule is O=C(NC1CCN2C(=O)c3cc(-c4ccc5c(c4)OCO5)ccc3NC(=O)C2C1)c1cnccn1. The van der Waals surface area contributed by atoms with Crippen LogP contribution in [0.2, 0.25) is 0 Å². The van der Waals surface area contributed by atoms with Gasteiger partial charge in [-0.25, -0.2) is 4.98 Å². The average molecular weight is 471 g/mol. The number of carbonyl (C=O) groups is 3. The lowest BCUT2D eigenvalue weighted by atomic mass is 9.95. The fourth-order valence-corrected chi connectivity index (χ4v) is 4.72. The second-order valence-corrected chi connectivity index (χ2v) is 8.62. The van der Waals surface area contributed by atoms with Crippen molar-refractivity contribution in [1.29, 1.82) is 0 Å². The van der Waals surface area contributed by atoms with E-state index in [1.54, 1.807) is 17.0 Å². The summed E-state index contributed by atoms with van der Waals surface area (Å²) in [6.45, 7) is 0.528. The lowest BCUT2D eigenvalue weighted by Crippen LogP contribution is -2.55. The van der Waals surface area contributed by atoms with Crippen LogP contribution in [0.1, 0.15) is 33.7 Å². The highest BCUT2D eigenvalue weighted by Gasteiger charge is 2.40. The summed E-state index contributed by atoms with van der Waals surface area (Å²) in [4.78, 5) is 48.6. The van der Waals surface area contributed by atoms with Gasteiger partial charge in [-0.05, 0) is 48.2 Å². The molecule has 1 fully saturated rings. The van der Waals surface area contributed by atoms with E-state index in [1.807, 2.05) is 24.3 Å². The van der Waals surface area contributed by atoms with Gasteiger partial charge in [-0.1, -0.05) is 12.1 Å². The first-order chi connectivity index (χ1) is 17.1. The predicted molar refractivity (Wildman–Crippen MR) is 124 cm³/mol. The van der Waals surface area contributed by atoms with Crippen molar-refractivity contribution >= 4 is 23.4 Å². The Balaban J connectivity index is 1.23. The van der Waals surface area contributed by atoms with Crippen LogP contribution in [-0.4, -0.2) is 58.0 Å². The Morgan fingerprint density at radius 3 is 2.74 bits per heavy atom. The van der Waals surface area contributed by atoms with E-state index in [1.165, 1.54) is 18.6 Å². The quantitative estimate of drug-likeness (QED) is 0.601. The third-order valence-corrected chi connectivity index (χ3v) is 6.51. The van der Waals surface area contributed by atoms with Crippen molar-refractivity contribution in [2.75, 3.05) is 18.7 Å². The molecule has 10 nitrogen and oxygen atoms in total. The van der Waals surface area contributed by atoms with Crippen molar-refractivity contribution < 1.29 is 23.9 Å². The van der Waals surface area contributed by atoms with Gasteiger partial charge in [-0.3, -0.25) is 19.4 Å². The first-order valence-corrected chi connectivity index (χ1v) is 11.3. The fraction of sp³-hybridized carbons (Fsp3) is 0.240. The zero-order valence-corrected chi connectivity index (χ0v) is 18.6. The zero-order chi connectivity index (χ0) is 23.9. The maximum Gasteiger partial charge on any atom is 0.271 e. The molecule has 0 bridgehead atoms. The Morgan fingerprint density at radius 2 is 1.89 bits per heavy atom. The maximum atomic E-state index is 13.5. The zero-order valence-electron chi connectivity index (χ0n) is 18.6. The minimum Gasteiger partial charge on any atom is -0.454 e. The average Bonchev–Trinajstić information content (AvgIpc) is 3.33. The van der Waals surface area contributed by atoms with E-state index in [0.717, 1.165) is 11.1 Å². The lowest BCUT2D eigenvalue weighted by Gasteiger charge is -2.37. The van der Waals surface area contributed by atoms with Crippen LogP contribution in [0.15, 0.2) is 55.0 Å². The van der Waals surface area contributed by atoms with Crippen molar-refractivity contribution in [2.24, 2.45) is 0 Å². The van der Waals surface area contributed by atoms with Crippen molar-refractivity contribution in [3.63, 3.8) is 0 Å². The Bertz CT molecular complexity index is 1350. The second kappa shape index (κ2) is 8.39. The molecule has 0 spiro atoms. The number of hydrogen-bond acceptors (Lipinski definition) is 7. The van der Waals surface area contributed by atoms with Crippen LogP contribution in [0, 0.1) is 0 Å². The first kappa shape index (κ1) is 21.1. The molecule has 4 heterocycles. The molecule has 3 amide bonds. The molecule has 0 saturated carbocycles. The number of rotatable bonds is 3. The summed E-state index contributed by atoms with van der Waals surface area (Å²) in [7, 11) is 0. The van der Waals surface area contributed by atoms with Gasteiger partial charge in [0.05, 0.1) is 17.4 Å². The monoisotopic (exact) mass is 471 g/mol. The molecule has 1 saturated heterocycles. The third kappa shape index (κ3) is 3.82. The second-order valence-electron chi connectivity index (χ2n) is 8.62. The molecule has 0 radical (unpaired) electrons. The van der Waals surface area contributed by atoms with Crippen molar-refractivity contribution in [3.05, 3.63) is 66.2 Å². The summed E-state index contributed by atoms with van der Waals surface area (Å²) in [6, 6.07) is 10.1. The normalized spacial score (nSPS) is 20.4. The number of piperidine rings is 1. The molecule has 3 aromatic rings. The number of benzene rings is 2. The summed E-state index contributed by atoms with van der Waals surface area (Å²) in [6.07, 6.45) is 5.17. The van der Waals surface area contributed by atoms with Gasteiger partial charge in [0, 0.05) is 25.0 Å². The molecule has 0 aliphatic carbocycles. The summed E-state index contributed by atoms with van der Waals surface area (Å²) in [5, 5.41) is 5.81. The van der Waals surface area contributed by atoms with Gasteiger partial charge in [0.1, 0.15) is 11.7 Å². The lowest BCUT2D eigenvalue weighted by molar-refractivity contribution is -0.121. The molecular formula is C25H21N5O5. The topological polar surface area (TPSA) is 123 Å². The Morgan fingerprint density at radius 1 is 1.06 bits per heavy atom. The number of ether oxygens (including phenoxy) is 2. The third-order valence-electron chi connectivity index (χ3n) is 6.51. The molecule has 3 aliphatic rings. The molecule has 1 aromatic heterocycles. The Hall–Kier alpha value is -4.47. The van der Waals surface area contributed by atoms with E-state index in [2.05, 4.69) is 20.6 Å². The van der Waals surface area contributed by atoms with Gasteiger partial charge in [0.15, 0.2) is 11.5 Å². The fourth-order valence-electron chi connectivity index (χ4n) is 4.72. The Kier molecular flexibility index (Phi) is 5.05. The summed E-state index contributed by atoms with van der Waals surface area (Å²) < 4.78 is 10.9. The molecule has 2 atom stereocenters. The van der Waals surface area contributed by atoms with E-state index in [0.29, 0.717) is 42.1 Å². The number of nitrogens with zero attached hydrogens (tertiary/aromatic N) is 3. The van der Waals surface area contributed by atoms with Gasteiger partial charge in [0.2, 0.25) is 12.7 Å². The van der Waals surface area contributed by atoms with Crippen molar-refractivity contribution in [3.8, 4) is 22.6 Å². The highest BCUT2D eigenvalue weighted by molar-refractivity contribution is 6.10. The maximum absolute atomic E-state index is 13.5. The van der Waals surface area contributed by atoms with Gasteiger partial charge in [0.25, 0.3) is 11.8 Å². The molecule has 2 N–H and O–H groups in total. The molecule has 6 rings (SSSR count). The van der Waals surface area contributed by atoms with Crippen LogP contribution in [0.4, 0.5) is 5.69 Å². The highest BCUT2D eigenvalue weighted by Crippen LogP contribution is 2.37. The minimum atomic E-state index is -0.690. The number of amides is 3. The van der Waals surface area contributed by atoms with E-state index in [-0.39, 0.29) is 36.3 Å². The number of carbonyl (C=O) groups excluding carboxylic acids is 3. The molecule has 2 unspecified atom stereocenters. The summed E-state index contributed by atoms with van der Waals surface area (Å²) in [5.41, 5.74) is 2.81. The first-order valence-electron chi connectivity index (χ1n) is 11.3. The number of aromatic nitrogens is 2. The smallest absolute Gasteiger partial charge is 0.271 e. The van der Waals surface area contributed by atoms with Crippen LogP contribution >= 0.6 is 0 Å². The predicted octanol–water partition coefficient (Wildman–Crippen LogP) is 2.23. The van der Waals surface area contributed by atoms with E-state index in [4.69, 9.17) is 9.47 Å². The molecule has 3 aliphatic heterocycles. The standard InChI is InChI=1S/C25H21N5O5/c31-23(19-12-26-6-7-27-19)28-16-5-8-30-20(11-16)24(32)29-18-3-1-14(9-17(18)25(30)33)15-2-4-21-22(10-15)35-13-34-21/h1-4,6-7,9-10,12,16,20H,5,8,11,13H2,(H,28,31)(H,29,32). The minimum absolute atomic E-state index is 0.185. The van der Waals surface area contributed by atoms with Crippen LogP contribution < -0.4 is 20.1 Å². The molecule has 10 heteroatoms. The van der Waals surface area contributed by atoms with Crippen LogP contribution in [-0.2, 0) is 4.79 Å². The van der Waals surface area contributed by atoms with Crippen LogP contribution in [0.25, 0.3) is 11.1 Å². The molecule has 2 aromatic carbocycles. The van der Waals surface area contributed by atoms with Crippen LogP contribution in [0.5, 0.6) is 11.5 Å². The summed E-state index contributed by atoms with van der Waals surface area (Å²) in [5.74, 6) is 0.497.